The maximum absolute atomic E-state index is 12.5. The largest absolute Gasteiger partial charge is 0.490 e. The van der Waals surface area contributed by atoms with Crippen molar-refractivity contribution in [3.05, 3.63) is 65.7 Å². The van der Waals surface area contributed by atoms with Crippen LogP contribution in [0.4, 0.5) is 0 Å². The summed E-state index contributed by atoms with van der Waals surface area (Å²) in [7, 11) is 0. The fourth-order valence-corrected chi connectivity index (χ4v) is 2.77. The summed E-state index contributed by atoms with van der Waals surface area (Å²) in [5.74, 6) is 0.155. The molecule has 0 aliphatic heterocycles. The smallest absolute Gasteiger partial charge is 0.276 e. The molecule has 3 aromatic rings. The lowest BCUT2D eigenvalue weighted by Crippen LogP contribution is -2.44. The highest BCUT2D eigenvalue weighted by molar-refractivity contribution is 5.99. The summed E-state index contributed by atoms with van der Waals surface area (Å²) in [6.45, 7) is 3.53. The second-order valence-corrected chi connectivity index (χ2v) is 6.09. The Kier molecular flexibility index (Phi) is 6.39. The van der Waals surface area contributed by atoms with Crippen LogP contribution in [-0.2, 0) is 4.79 Å². The van der Waals surface area contributed by atoms with E-state index in [1.54, 1.807) is 60.3 Å². The predicted octanol–water partition coefficient (Wildman–Crippen LogP) is 2.49. The van der Waals surface area contributed by atoms with Crippen LogP contribution < -0.4 is 20.3 Å². The van der Waals surface area contributed by atoms with E-state index < -0.39 is 11.8 Å². The van der Waals surface area contributed by atoms with Crippen molar-refractivity contribution in [1.82, 2.24) is 15.4 Å². The van der Waals surface area contributed by atoms with Crippen molar-refractivity contribution >= 4 is 11.8 Å². The summed E-state index contributed by atoms with van der Waals surface area (Å²) < 4.78 is 18.0. The number of hydrogen-bond donors (Lipinski definition) is 2. The van der Waals surface area contributed by atoms with Crippen LogP contribution >= 0.6 is 0 Å². The van der Waals surface area contributed by atoms with E-state index >= 15 is 0 Å². The number of nitrogens with zero attached hydrogens (tertiary/aromatic N) is 2. The second kappa shape index (κ2) is 9.34. The standard InChI is InChI=1S/C21H20N4O5/c1-3-28-16-8-4-5-9-17(16)29-13-18(26)23-24-20(27)19-14(2)30-21(15(19)12-22)25-10-6-7-11-25/h4-11H,3,13H2,1-2H3,(H,23,26)(H,24,27). The van der Waals surface area contributed by atoms with Gasteiger partial charge in [-0.2, -0.15) is 5.26 Å². The number of nitriles is 1. The van der Waals surface area contributed by atoms with Crippen molar-refractivity contribution in [3.8, 4) is 23.5 Å². The van der Waals surface area contributed by atoms with E-state index in [9.17, 15) is 14.9 Å². The van der Waals surface area contributed by atoms with Crippen LogP contribution in [0.3, 0.4) is 0 Å². The number of nitrogens with one attached hydrogen (secondary N) is 2. The molecule has 2 heterocycles. The number of aromatic nitrogens is 1. The average Bonchev–Trinajstić information content (AvgIpc) is 3.39. The minimum Gasteiger partial charge on any atom is -0.490 e. The molecular weight excluding hydrogens is 388 g/mol. The van der Waals surface area contributed by atoms with Crippen LogP contribution in [0.5, 0.6) is 11.5 Å². The van der Waals surface area contributed by atoms with Crippen LogP contribution in [0, 0.1) is 18.3 Å². The Hall–Kier alpha value is -4.19. The zero-order valence-electron chi connectivity index (χ0n) is 16.5. The normalized spacial score (nSPS) is 10.2. The fourth-order valence-electron chi connectivity index (χ4n) is 2.77. The maximum Gasteiger partial charge on any atom is 0.276 e. The Labute approximate surface area is 172 Å². The number of ether oxygens (including phenoxy) is 2. The van der Waals surface area contributed by atoms with Crippen LogP contribution in [0.25, 0.3) is 5.88 Å². The third-order valence-corrected chi connectivity index (χ3v) is 4.07. The summed E-state index contributed by atoms with van der Waals surface area (Å²) >= 11 is 0. The van der Waals surface area contributed by atoms with Crippen LogP contribution in [0.1, 0.15) is 28.6 Å². The molecule has 0 unspecified atom stereocenters. The zero-order chi connectivity index (χ0) is 21.5. The molecule has 0 spiro atoms. The molecule has 0 aliphatic rings. The van der Waals surface area contributed by atoms with Gasteiger partial charge >= 0.3 is 0 Å². The van der Waals surface area contributed by atoms with E-state index in [0.717, 1.165) is 0 Å². The van der Waals surface area contributed by atoms with Gasteiger partial charge in [0, 0.05) is 12.4 Å². The second-order valence-electron chi connectivity index (χ2n) is 6.09. The van der Waals surface area contributed by atoms with Gasteiger partial charge in [-0.25, -0.2) is 0 Å². The highest BCUT2D eigenvalue weighted by atomic mass is 16.5. The van der Waals surface area contributed by atoms with Crippen molar-refractivity contribution in [3.63, 3.8) is 0 Å². The number of benzene rings is 1. The molecule has 0 saturated carbocycles. The summed E-state index contributed by atoms with van der Waals surface area (Å²) in [4.78, 5) is 24.6. The lowest BCUT2D eigenvalue weighted by atomic mass is 10.1. The molecule has 0 aliphatic carbocycles. The number of hydrogen-bond acceptors (Lipinski definition) is 6. The molecule has 0 fully saturated rings. The van der Waals surface area contributed by atoms with Gasteiger partial charge in [-0.05, 0) is 38.1 Å². The lowest BCUT2D eigenvalue weighted by Gasteiger charge is -2.12. The molecule has 0 bridgehead atoms. The Morgan fingerprint density at radius 1 is 1.10 bits per heavy atom. The van der Waals surface area contributed by atoms with Gasteiger partial charge in [0.1, 0.15) is 23.0 Å². The Morgan fingerprint density at radius 2 is 1.77 bits per heavy atom. The predicted molar refractivity (Wildman–Crippen MR) is 106 cm³/mol. The minimum absolute atomic E-state index is 0.0455. The van der Waals surface area contributed by atoms with Gasteiger partial charge in [0.05, 0.1) is 6.61 Å². The first-order chi connectivity index (χ1) is 14.5. The first-order valence-corrected chi connectivity index (χ1v) is 9.15. The number of aryl methyl sites for hydroxylation is 1. The Morgan fingerprint density at radius 3 is 2.40 bits per heavy atom. The van der Waals surface area contributed by atoms with Crippen molar-refractivity contribution < 1.29 is 23.5 Å². The number of amides is 2. The highest BCUT2D eigenvalue weighted by Gasteiger charge is 2.24. The molecule has 0 atom stereocenters. The Bertz CT molecular complexity index is 1080. The molecule has 9 heteroatoms. The molecule has 2 N–H and O–H groups in total. The number of rotatable bonds is 7. The highest BCUT2D eigenvalue weighted by Crippen LogP contribution is 2.26. The molecule has 154 valence electrons. The molecule has 30 heavy (non-hydrogen) atoms. The van der Waals surface area contributed by atoms with Gasteiger partial charge < -0.3 is 13.9 Å². The van der Waals surface area contributed by atoms with E-state index in [4.69, 9.17) is 13.9 Å². The summed E-state index contributed by atoms with van der Waals surface area (Å²) in [6.07, 6.45) is 3.39. The average molecular weight is 408 g/mol. The van der Waals surface area contributed by atoms with E-state index in [1.807, 2.05) is 13.0 Å². The minimum atomic E-state index is -0.672. The first kappa shape index (κ1) is 20.5. The monoisotopic (exact) mass is 408 g/mol. The third-order valence-electron chi connectivity index (χ3n) is 4.07. The number of carbonyl (C=O) groups excluding carboxylic acids is 2. The fraction of sp³-hybridized carbons (Fsp3) is 0.190. The van der Waals surface area contributed by atoms with E-state index in [1.165, 1.54) is 0 Å². The maximum atomic E-state index is 12.5. The number of carbonyl (C=O) groups is 2. The third kappa shape index (κ3) is 4.44. The van der Waals surface area contributed by atoms with Gasteiger partial charge in [0.25, 0.3) is 11.8 Å². The molecule has 2 amide bonds. The summed E-state index contributed by atoms with van der Waals surface area (Å²) in [5, 5.41) is 9.50. The zero-order valence-corrected chi connectivity index (χ0v) is 16.5. The van der Waals surface area contributed by atoms with Crippen molar-refractivity contribution in [2.45, 2.75) is 13.8 Å². The topological polar surface area (TPSA) is 119 Å². The molecule has 2 aromatic heterocycles. The van der Waals surface area contributed by atoms with Gasteiger partial charge in [0.2, 0.25) is 5.88 Å². The van der Waals surface area contributed by atoms with Gasteiger partial charge in [-0.15, -0.1) is 0 Å². The van der Waals surface area contributed by atoms with Crippen molar-refractivity contribution in [1.29, 1.82) is 5.26 Å². The molecular formula is C21H20N4O5. The van der Waals surface area contributed by atoms with Crippen molar-refractivity contribution in [2.24, 2.45) is 0 Å². The first-order valence-electron chi connectivity index (χ1n) is 9.15. The van der Waals surface area contributed by atoms with Crippen LogP contribution in [0.2, 0.25) is 0 Å². The van der Waals surface area contributed by atoms with E-state index in [-0.39, 0.29) is 29.4 Å². The van der Waals surface area contributed by atoms with Crippen molar-refractivity contribution in [2.75, 3.05) is 13.2 Å². The van der Waals surface area contributed by atoms with Crippen LogP contribution in [0.15, 0.2) is 53.2 Å². The summed E-state index contributed by atoms with van der Waals surface area (Å²) in [5.41, 5.74) is 4.65. The Balaban J connectivity index is 1.62. The van der Waals surface area contributed by atoms with Gasteiger partial charge in [-0.3, -0.25) is 25.0 Å². The molecule has 1 aromatic carbocycles. The molecule has 0 radical (unpaired) electrons. The van der Waals surface area contributed by atoms with E-state index in [2.05, 4.69) is 10.9 Å². The number of hydrazine groups is 1. The number of para-hydroxylation sites is 2. The summed E-state index contributed by atoms with van der Waals surface area (Å²) in [6, 6.07) is 12.5. The SMILES string of the molecule is CCOc1ccccc1OCC(=O)NNC(=O)c1c(C)oc(-n2cccc2)c1C#N. The quantitative estimate of drug-likeness (QED) is 0.580. The molecule has 9 nitrogen and oxygen atoms in total. The van der Waals surface area contributed by atoms with Crippen LogP contribution in [-0.4, -0.2) is 29.6 Å². The number of furan rings is 1. The molecule has 0 saturated heterocycles. The lowest BCUT2D eigenvalue weighted by molar-refractivity contribution is -0.123. The van der Waals surface area contributed by atoms with E-state index in [0.29, 0.717) is 18.1 Å². The van der Waals surface area contributed by atoms with Gasteiger partial charge in [0.15, 0.2) is 18.1 Å². The van der Waals surface area contributed by atoms with Gasteiger partial charge in [-0.1, -0.05) is 12.1 Å². The molecule has 3 rings (SSSR count).